The molecule has 184 valence electrons. The number of hydrogen-bond donors (Lipinski definition) is 5. The Bertz CT molecular complexity index is 874. The average molecular weight is 465 g/mol. The molecule has 5 N–H and O–H groups in total. The normalized spacial score (nSPS) is 44.5. The van der Waals surface area contributed by atoms with Gasteiger partial charge in [-0.05, 0) is 85.0 Å². The number of aliphatic hydroxyl groups is 5. The third kappa shape index (κ3) is 3.66. The van der Waals surface area contributed by atoms with Crippen LogP contribution in [0.5, 0.6) is 11.5 Å². The minimum Gasteiger partial charge on any atom is -0.493 e. The van der Waals surface area contributed by atoms with Crippen molar-refractivity contribution >= 4 is 0 Å². The van der Waals surface area contributed by atoms with E-state index in [0.717, 1.165) is 38.5 Å². The van der Waals surface area contributed by atoms with Gasteiger partial charge in [0.1, 0.15) is 24.4 Å². The maximum absolute atomic E-state index is 10.6. The van der Waals surface area contributed by atoms with Crippen LogP contribution in [0.15, 0.2) is 12.1 Å². The first-order valence-corrected chi connectivity index (χ1v) is 12.1. The number of fused-ring (bicyclic) bond motifs is 5. The lowest BCUT2D eigenvalue weighted by atomic mass is 9.55. The highest BCUT2D eigenvalue weighted by molar-refractivity contribution is 5.50. The summed E-state index contributed by atoms with van der Waals surface area (Å²) >= 11 is 0. The molecule has 0 spiro atoms. The maximum atomic E-state index is 10.6. The molecule has 4 aliphatic rings. The Morgan fingerprint density at radius 1 is 1.00 bits per heavy atom. The number of benzene rings is 1. The summed E-state index contributed by atoms with van der Waals surface area (Å²) in [5, 5.41) is 50.5. The first-order valence-electron chi connectivity index (χ1n) is 12.1. The van der Waals surface area contributed by atoms with Crippen molar-refractivity contribution in [1.29, 1.82) is 0 Å². The molecule has 0 unspecified atom stereocenters. The third-order valence-corrected chi connectivity index (χ3v) is 9.05. The fourth-order valence-electron chi connectivity index (χ4n) is 7.09. The van der Waals surface area contributed by atoms with Crippen molar-refractivity contribution in [1.82, 2.24) is 0 Å². The molecule has 5 rings (SSSR count). The predicted octanol–water partition coefficient (Wildman–Crippen LogP) is 1.09. The summed E-state index contributed by atoms with van der Waals surface area (Å²) in [5.74, 6) is 2.43. The molecular formula is C25H36O8. The van der Waals surface area contributed by atoms with Crippen molar-refractivity contribution in [2.75, 3.05) is 13.7 Å². The van der Waals surface area contributed by atoms with Gasteiger partial charge in [0.2, 0.25) is 6.29 Å². The van der Waals surface area contributed by atoms with Crippen molar-refractivity contribution in [2.45, 2.75) is 88.2 Å². The second-order valence-corrected chi connectivity index (χ2v) is 10.6. The zero-order valence-electron chi connectivity index (χ0n) is 19.3. The van der Waals surface area contributed by atoms with Gasteiger partial charge in [0, 0.05) is 0 Å². The van der Waals surface area contributed by atoms with Crippen LogP contribution in [0.2, 0.25) is 0 Å². The number of methoxy groups -OCH3 is 1. The summed E-state index contributed by atoms with van der Waals surface area (Å²) < 4.78 is 17.1. The van der Waals surface area contributed by atoms with Gasteiger partial charge >= 0.3 is 0 Å². The average Bonchev–Trinajstić information content (AvgIpc) is 3.13. The van der Waals surface area contributed by atoms with Gasteiger partial charge in [0.15, 0.2) is 11.5 Å². The van der Waals surface area contributed by atoms with E-state index in [0.29, 0.717) is 29.3 Å². The van der Waals surface area contributed by atoms with Gasteiger partial charge in [0.05, 0.1) is 19.8 Å². The summed E-state index contributed by atoms with van der Waals surface area (Å²) in [6, 6.07) is 3.96. The largest absolute Gasteiger partial charge is 0.493 e. The lowest BCUT2D eigenvalue weighted by Crippen LogP contribution is -2.60. The fourth-order valence-corrected chi connectivity index (χ4v) is 7.09. The van der Waals surface area contributed by atoms with E-state index in [9.17, 15) is 25.5 Å². The highest BCUT2D eigenvalue weighted by Gasteiger charge is 2.54. The second kappa shape index (κ2) is 8.66. The molecule has 3 aliphatic carbocycles. The minimum absolute atomic E-state index is 0.0227. The van der Waals surface area contributed by atoms with Crippen LogP contribution in [-0.4, -0.2) is 76.1 Å². The molecule has 1 heterocycles. The molecule has 0 aromatic heterocycles. The Morgan fingerprint density at radius 3 is 2.52 bits per heavy atom. The van der Waals surface area contributed by atoms with Crippen molar-refractivity contribution < 1.29 is 39.7 Å². The summed E-state index contributed by atoms with van der Waals surface area (Å²) in [6.45, 7) is 1.75. The highest BCUT2D eigenvalue weighted by atomic mass is 16.7. The van der Waals surface area contributed by atoms with Crippen molar-refractivity contribution in [3.05, 3.63) is 23.3 Å². The first-order chi connectivity index (χ1) is 15.8. The molecule has 0 amide bonds. The van der Waals surface area contributed by atoms with E-state index in [2.05, 4.69) is 6.92 Å². The molecule has 8 heteroatoms. The number of rotatable bonds is 4. The Kier molecular flexibility index (Phi) is 6.12. The molecule has 1 aromatic carbocycles. The van der Waals surface area contributed by atoms with Crippen LogP contribution >= 0.6 is 0 Å². The zero-order chi connectivity index (χ0) is 23.5. The standard InChI is InChI=1S/C25H36O8/c1-25-8-7-13-14(16(25)5-6-20(25)27)4-3-12-9-18(17(31-2)10-15(12)13)32-24-23(30)22(29)21(28)19(11-26)33-24/h9-10,13-14,16,19-24,26-30H,3-8,11H2,1-2H3/t13-,14+,16-,19+,20-,21+,22-,23+,24+,25-/m0/s1. The van der Waals surface area contributed by atoms with E-state index in [1.165, 1.54) is 11.1 Å². The Labute approximate surface area is 194 Å². The number of aliphatic hydroxyl groups excluding tert-OH is 5. The topological polar surface area (TPSA) is 129 Å². The molecule has 1 saturated heterocycles. The molecule has 2 saturated carbocycles. The lowest BCUT2D eigenvalue weighted by Gasteiger charge is -2.50. The van der Waals surface area contributed by atoms with E-state index in [4.69, 9.17) is 14.2 Å². The zero-order valence-corrected chi connectivity index (χ0v) is 19.3. The molecule has 10 atom stereocenters. The van der Waals surface area contributed by atoms with Gasteiger partial charge in [-0.2, -0.15) is 0 Å². The van der Waals surface area contributed by atoms with E-state index in [1.54, 1.807) is 7.11 Å². The molecular weight excluding hydrogens is 428 g/mol. The predicted molar refractivity (Wildman–Crippen MR) is 118 cm³/mol. The summed E-state index contributed by atoms with van der Waals surface area (Å²) in [6.07, 6.45) is -0.882. The van der Waals surface area contributed by atoms with Crippen molar-refractivity contribution in [3.63, 3.8) is 0 Å². The van der Waals surface area contributed by atoms with E-state index in [-0.39, 0.29) is 11.5 Å². The monoisotopic (exact) mass is 464 g/mol. The van der Waals surface area contributed by atoms with E-state index < -0.39 is 37.3 Å². The Balaban J connectivity index is 1.41. The Morgan fingerprint density at radius 2 is 1.79 bits per heavy atom. The second-order valence-electron chi connectivity index (χ2n) is 10.6. The van der Waals surface area contributed by atoms with Gasteiger partial charge in [0.25, 0.3) is 0 Å². The molecule has 3 fully saturated rings. The van der Waals surface area contributed by atoms with E-state index in [1.807, 2.05) is 12.1 Å². The van der Waals surface area contributed by atoms with Crippen LogP contribution in [0, 0.1) is 17.3 Å². The number of hydrogen-bond acceptors (Lipinski definition) is 8. The van der Waals surface area contributed by atoms with Gasteiger partial charge in [-0.15, -0.1) is 0 Å². The van der Waals surface area contributed by atoms with Gasteiger partial charge < -0.3 is 39.7 Å². The Hall–Kier alpha value is -1.42. The SMILES string of the molecule is COc1cc2c(cc1O[C@@H]1O[C@H](CO)[C@@H](O)[C@H](O)[C@H]1O)CC[C@@H]1[C@@H]2CC[C@]2(C)[C@@H](O)CC[C@@H]12. The van der Waals surface area contributed by atoms with Crippen LogP contribution in [0.3, 0.4) is 0 Å². The highest BCUT2D eigenvalue weighted by Crippen LogP contribution is 2.61. The number of ether oxygens (including phenoxy) is 3. The molecule has 0 bridgehead atoms. The lowest BCUT2D eigenvalue weighted by molar-refractivity contribution is -0.277. The van der Waals surface area contributed by atoms with Gasteiger partial charge in [-0.25, -0.2) is 0 Å². The van der Waals surface area contributed by atoms with Crippen LogP contribution in [-0.2, 0) is 11.2 Å². The minimum atomic E-state index is -1.50. The molecule has 8 nitrogen and oxygen atoms in total. The maximum Gasteiger partial charge on any atom is 0.229 e. The van der Waals surface area contributed by atoms with Crippen LogP contribution < -0.4 is 9.47 Å². The molecule has 1 aliphatic heterocycles. The molecule has 33 heavy (non-hydrogen) atoms. The van der Waals surface area contributed by atoms with Crippen LogP contribution in [0.25, 0.3) is 0 Å². The number of aryl methyl sites for hydroxylation is 1. The quantitative estimate of drug-likeness (QED) is 0.448. The van der Waals surface area contributed by atoms with Crippen LogP contribution in [0.4, 0.5) is 0 Å². The fraction of sp³-hybridized carbons (Fsp3) is 0.760. The smallest absolute Gasteiger partial charge is 0.229 e. The van der Waals surface area contributed by atoms with E-state index >= 15 is 0 Å². The van der Waals surface area contributed by atoms with Crippen molar-refractivity contribution in [2.24, 2.45) is 17.3 Å². The summed E-state index contributed by atoms with van der Waals surface area (Å²) in [4.78, 5) is 0. The van der Waals surface area contributed by atoms with Crippen LogP contribution in [0.1, 0.15) is 56.1 Å². The first kappa shape index (κ1) is 23.3. The molecule has 0 radical (unpaired) electrons. The summed E-state index contributed by atoms with van der Waals surface area (Å²) in [5.41, 5.74) is 2.47. The molecule has 1 aromatic rings. The summed E-state index contributed by atoms with van der Waals surface area (Å²) in [7, 11) is 1.56. The third-order valence-electron chi connectivity index (χ3n) is 9.05. The van der Waals surface area contributed by atoms with Gasteiger partial charge in [-0.1, -0.05) is 6.92 Å². The van der Waals surface area contributed by atoms with Crippen molar-refractivity contribution in [3.8, 4) is 11.5 Å². The van der Waals surface area contributed by atoms with Gasteiger partial charge in [-0.3, -0.25) is 0 Å².